The lowest BCUT2D eigenvalue weighted by Crippen LogP contribution is -2.39. The van der Waals surface area contributed by atoms with E-state index in [9.17, 15) is 0 Å². The maximum atomic E-state index is 4.64. The Morgan fingerprint density at radius 3 is 2.72 bits per heavy atom. The van der Waals surface area contributed by atoms with Gasteiger partial charge in [-0.15, -0.1) is 11.3 Å². The van der Waals surface area contributed by atoms with Crippen molar-refractivity contribution in [1.82, 2.24) is 20.4 Å². The average Bonchev–Trinajstić information content (AvgIpc) is 3.22. The predicted molar refractivity (Wildman–Crippen MR) is 107 cm³/mol. The highest BCUT2D eigenvalue weighted by Crippen LogP contribution is 2.15. The number of aliphatic imine (C=N–C) groups is 1. The third-order valence-electron chi connectivity index (χ3n) is 4.43. The highest BCUT2D eigenvalue weighted by Gasteiger charge is 2.14. The van der Waals surface area contributed by atoms with E-state index in [4.69, 9.17) is 0 Å². The molecule has 0 saturated heterocycles. The molecular formula is C19H31N5S. The first-order valence-corrected chi connectivity index (χ1v) is 9.97. The van der Waals surface area contributed by atoms with E-state index >= 15 is 0 Å². The molecular weight excluding hydrogens is 330 g/mol. The van der Waals surface area contributed by atoms with Crippen LogP contribution in [0, 0.1) is 5.92 Å². The van der Waals surface area contributed by atoms with Crippen LogP contribution in [0.25, 0.3) is 0 Å². The van der Waals surface area contributed by atoms with Crippen LogP contribution in [-0.2, 0) is 32.9 Å². The molecule has 2 rings (SSSR count). The fourth-order valence-corrected chi connectivity index (χ4v) is 3.97. The van der Waals surface area contributed by atoms with Crippen molar-refractivity contribution in [3.63, 3.8) is 0 Å². The predicted octanol–water partition coefficient (Wildman–Crippen LogP) is 3.15. The first-order chi connectivity index (χ1) is 12.1. The minimum atomic E-state index is 0.563. The molecule has 1 unspecified atom stereocenters. The van der Waals surface area contributed by atoms with Crippen molar-refractivity contribution >= 4 is 17.3 Å². The van der Waals surface area contributed by atoms with Crippen molar-refractivity contribution in [3.8, 4) is 0 Å². The SMILES string of the molecule is CCc1nn(C)c(CC)c1CNC(=NC)NCC(C)Cc1cccs1. The lowest BCUT2D eigenvalue weighted by atomic mass is 10.1. The summed E-state index contributed by atoms with van der Waals surface area (Å²) in [5.74, 6) is 1.42. The second-order valence-corrected chi connectivity index (χ2v) is 7.43. The van der Waals surface area contributed by atoms with Gasteiger partial charge in [0, 0.05) is 43.3 Å². The average molecular weight is 362 g/mol. The molecule has 5 nitrogen and oxygen atoms in total. The van der Waals surface area contributed by atoms with Gasteiger partial charge in [-0.05, 0) is 36.6 Å². The van der Waals surface area contributed by atoms with E-state index in [1.54, 1.807) is 0 Å². The van der Waals surface area contributed by atoms with Crippen molar-refractivity contribution < 1.29 is 0 Å². The minimum Gasteiger partial charge on any atom is -0.356 e. The van der Waals surface area contributed by atoms with E-state index in [-0.39, 0.29) is 0 Å². The molecule has 0 aliphatic heterocycles. The molecule has 2 aromatic rings. The van der Waals surface area contributed by atoms with Gasteiger partial charge in [-0.3, -0.25) is 9.67 Å². The quantitative estimate of drug-likeness (QED) is 0.561. The molecule has 2 heterocycles. The Labute approximate surface area is 155 Å². The Hall–Kier alpha value is -1.82. The molecule has 0 amide bonds. The largest absolute Gasteiger partial charge is 0.356 e. The molecule has 2 N–H and O–H groups in total. The lowest BCUT2D eigenvalue weighted by Gasteiger charge is -2.16. The third kappa shape index (κ3) is 5.33. The number of guanidine groups is 1. The Bertz CT molecular complexity index is 672. The van der Waals surface area contributed by atoms with Crippen LogP contribution in [0.1, 0.15) is 42.6 Å². The van der Waals surface area contributed by atoms with Gasteiger partial charge in [-0.2, -0.15) is 5.10 Å². The van der Waals surface area contributed by atoms with Gasteiger partial charge in [0.1, 0.15) is 0 Å². The number of nitrogens with one attached hydrogen (secondary N) is 2. The monoisotopic (exact) mass is 361 g/mol. The van der Waals surface area contributed by atoms with Crippen molar-refractivity contribution in [2.45, 2.75) is 46.6 Å². The minimum absolute atomic E-state index is 0.563. The van der Waals surface area contributed by atoms with Crippen LogP contribution >= 0.6 is 11.3 Å². The second-order valence-electron chi connectivity index (χ2n) is 6.40. The van der Waals surface area contributed by atoms with Crippen LogP contribution in [0.2, 0.25) is 0 Å². The number of rotatable bonds is 8. The number of aryl methyl sites for hydroxylation is 2. The zero-order valence-electron chi connectivity index (χ0n) is 16.1. The molecule has 0 aliphatic rings. The topological polar surface area (TPSA) is 54.2 Å². The van der Waals surface area contributed by atoms with E-state index < -0.39 is 0 Å². The molecule has 6 heteroatoms. The van der Waals surface area contributed by atoms with Gasteiger partial charge in [0.25, 0.3) is 0 Å². The summed E-state index contributed by atoms with van der Waals surface area (Å²) in [6.07, 6.45) is 3.04. The number of nitrogens with zero attached hydrogens (tertiary/aromatic N) is 3. The molecule has 0 saturated carbocycles. The molecule has 0 fully saturated rings. The van der Waals surface area contributed by atoms with E-state index in [1.807, 2.05) is 30.1 Å². The van der Waals surface area contributed by atoms with Crippen molar-refractivity contribution in [2.75, 3.05) is 13.6 Å². The Morgan fingerprint density at radius 1 is 1.32 bits per heavy atom. The maximum absolute atomic E-state index is 4.64. The fourth-order valence-electron chi connectivity index (χ4n) is 3.10. The summed E-state index contributed by atoms with van der Waals surface area (Å²) in [7, 11) is 3.85. The van der Waals surface area contributed by atoms with Crippen LogP contribution < -0.4 is 10.6 Å². The van der Waals surface area contributed by atoms with E-state index in [1.165, 1.54) is 21.8 Å². The van der Waals surface area contributed by atoms with Gasteiger partial charge in [-0.25, -0.2) is 0 Å². The summed E-state index contributed by atoms with van der Waals surface area (Å²) in [6.45, 7) is 8.28. The Morgan fingerprint density at radius 2 is 2.12 bits per heavy atom. The molecule has 0 spiro atoms. The number of hydrogen-bond acceptors (Lipinski definition) is 3. The smallest absolute Gasteiger partial charge is 0.191 e. The summed E-state index contributed by atoms with van der Waals surface area (Å²) in [5, 5.41) is 13.7. The zero-order chi connectivity index (χ0) is 18.2. The van der Waals surface area contributed by atoms with Gasteiger partial charge >= 0.3 is 0 Å². The molecule has 25 heavy (non-hydrogen) atoms. The van der Waals surface area contributed by atoms with Crippen LogP contribution in [0.4, 0.5) is 0 Å². The summed E-state index contributed by atoms with van der Waals surface area (Å²) in [5.41, 5.74) is 3.78. The van der Waals surface area contributed by atoms with Crippen molar-refractivity contribution in [2.24, 2.45) is 18.0 Å². The van der Waals surface area contributed by atoms with E-state index in [0.29, 0.717) is 5.92 Å². The highest BCUT2D eigenvalue weighted by molar-refractivity contribution is 7.09. The summed E-state index contributed by atoms with van der Waals surface area (Å²) in [4.78, 5) is 5.80. The van der Waals surface area contributed by atoms with Crippen LogP contribution in [-0.4, -0.2) is 29.3 Å². The third-order valence-corrected chi connectivity index (χ3v) is 5.33. The van der Waals surface area contributed by atoms with E-state index in [2.05, 4.69) is 59.0 Å². The molecule has 138 valence electrons. The molecule has 0 bridgehead atoms. The van der Waals surface area contributed by atoms with E-state index in [0.717, 1.165) is 38.3 Å². The normalized spacial score (nSPS) is 13.1. The van der Waals surface area contributed by atoms with Gasteiger partial charge < -0.3 is 10.6 Å². The number of thiophene rings is 1. The standard InChI is InChI=1S/C19H31N5S/c1-6-17-16(18(7-2)24(5)23-17)13-22-19(20-4)21-12-14(3)11-15-9-8-10-25-15/h8-10,14H,6-7,11-13H2,1-5H3,(H2,20,21,22). The van der Waals surface area contributed by atoms with Crippen LogP contribution in [0.15, 0.2) is 22.5 Å². The van der Waals surface area contributed by atoms with Crippen molar-refractivity contribution in [3.05, 3.63) is 39.3 Å². The molecule has 1 atom stereocenters. The first-order valence-electron chi connectivity index (χ1n) is 9.09. The fraction of sp³-hybridized carbons (Fsp3) is 0.579. The van der Waals surface area contributed by atoms with Gasteiger partial charge in [-0.1, -0.05) is 26.8 Å². The van der Waals surface area contributed by atoms with Gasteiger partial charge in [0.15, 0.2) is 5.96 Å². The number of aromatic nitrogens is 2. The summed E-state index contributed by atoms with van der Waals surface area (Å²) < 4.78 is 2.01. The lowest BCUT2D eigenvalue weighted by molar-refractivity contribution is 0.562. The molecule has 0 radical (unpaired) electrons. The highest BCUT2D eigenvalue weighted by atomic mass is 32.1. The Kier molecular flexibility index (Phi) is 7.50. The van der Waals surface area contributed by atoms with Gasteiger partial charge in [0.05, 0.1) is 5.69 Å². The van der Waals surface area contributed by atoms with Crippen molar-refractivity contribution in [1.29, 1.82) is 0 Å². The molecule has 2 aromatic heterocycles. The first kappa shape index (κ1) is 19.5. The Balaban J connectivity index is 1.88. The molecule has 0 aromatic carbocycles. The second kappa shape index (κ2) is 9.61. The van der Waals surface area contributed by atoms with Crippen LogP contribution in [0.3, 0.4) is 0 Å². The summed E-state index contributed by atoms with van der Waals surface area (Å²) >= 11 is 1.83. The maximum Gasteiger partial charge on any atom is 0.191 e. The molecule has 0 aliphatic carbocycles. The summed E-state index contributed by atoms with van der Waals surface area (Å²) in [6, 6.07) is 4.32. The zero-order valence-corrected chi connectivity index (χ0v) is 16.9. The number of hydrogen-bond donors (Lipinski definition) is 2. The van der Waals surface area contributed by atoms with Gasteiger partial charge in [0.2, 0.25) is 0 Å². The van der Waals surface area contributed by atoms with Crippen LogP contribution in [0.5, 0.6) is 0 Å².